The van der Waals surface area contributed by atoms with Crippen molar-refractivity contribution in [2.45, 2.75) is 6.54 Å². The van der Waals surface area contributed by atoms with Crippen LogP contribution in [0.25, 0.3) is 11.1 Å². The third kappa shape index (κ3) is 3.43. The molecule has 0 bridgehead atoms. The third-order valence-corrected chi connectivity index (χ3v) is 6.13. The molecule has 0 unspecified atom stereocenters. The first-order chi connectivity index (χ1) is 15.1. The molecule has 2 aromatic carbocycles. The number of nitrogens with zero attached hydrogens (tertiary/aromatic N) is 4. The summed E-state index contributed by atoms with van der Waals surface area (Å²) < 4.78 is 15.4. The number of anilines is 2. The Labute approximate surface area is 180 Å². The number of nitrogens with two attached hydrogens (primary N) is 2. The van der Waals surface area contributed by atoms with Gasteiger partial charge in [-0.3, -0.25) is 5.01 Å². The number of benzene rings is 2. The summed E-state index contributed by atoms with van der Waals surface area (Å²) in [6, 6.07) is 14.8. The Morgan fingerprint density at radius 2 is 1.87 bits per heavy atom. The second kappa shape index (κ2) is 7.72. The Balaban J connectivity index is 1.50. The quantitative estimate of drug-likeness (QED) is 0.446. The van der Waals surface area contributed by atoms with Crippen molar-refractivity contribution in [2.24, 2.45) is 22.7 Å². The molecule has 31 heavy (non-hydrogen) atoms. The van der Waals surface area contributed by atoms with Gasteiger partial charge in [0.15, 0.2) is 5.84 Å². The standard InChI is InChI=1S/C23H26FN7/c1-27-10-15-11-29(12-15)20-6-7-21-18(8-20)14-30-13-17(16-2-4-19(24)5-3-16)9-22(30)23(28-25)31(21)26/h2-9,13,15,27H,10-12,14,25-26H2,1H3/b28-23-. The summed E-state index contributed by atoms with van der Waals surface area (Å²) >= 11 is 0. The molecule has 0 saturated carbocycles. The number of hydrazine groups is 1. The Morgan fingerprint density at radius 3 is 2.58 bits per heavy atom. The van der Waals surface area contributed by atoms with Gasteiger partial charge in [0.05, 0.1) is 11.4 Å². The fourth-order valence-electron chi connectivity index (χ4n) is 4.51. The van der Waals surface area contributed by atoms with E-state index in [1.54, 1.807) is 17.1 Å². The smallest absolute Gasteiger partial charge is 0.190 e. The van der Waals surface area contributed by atoms with Gasteiger partial charge in [-0.2, -0.15) is 5.10 Å². The Hall–Kier alpha value is -3.36. The maximum atomic E-state index is 13.3. The summed E-state index contributed by atoms with van der Waals surface area (Å²) in [5.41, 5.74) is 5.87. The predicted octanol–water partition coefficient (Wildman–Crippen LogP) is 2.31. The lowest BCUT2D eigenvalue weighted by molar-refractivity contribution is 0.397. The van der Waals surface area contributed by atoms with Crippen molar-refractivity contribution >= 4 is 17.2 Å². The van der Waals surface area contributed by atoms with Gasteiger partial charge < -0.3 is 20.6 Å². The number of rotatable bonds is 4. The summed E-state index contributed by atoms with van der Waals surface area (Å²) in [4.78, 5) is 2.38. The highest BCUT2D eigenvalue weighted by molar-refractivity contribution is 6.09. The second-order valence-electron chi connectivity index (χ2n) is 8.21. The number of halogens is 1. The van der Waals surface area contributed by atoms with Crippen LogP contribution in [0.15, 0.2) is 59.8 Å². The fraction of sp³-hybridized carbons (Fsp3) is 0.261. The van der Waals surface area contributed by atoms with E-state index in [1.807, 2.05) is 25.4 Å². The van der Waals surface area contributed by atoms with E-state index in [0.717, 1.165) is 47.7 Å². The van der Waals surface area contributed by atoms with E-state index in [2.05, 4.69) is 32.0 Å². The van der Waals surface area contributed by atoms with Crippen LogP contribution >= 0.6 is 0 Å². The van der Waals surface area contributed by atoms with Crippen molar-refractivity contribution in [3.05, 3.63) is 71.8 Å². The Kier molecular flexibility index (Phi) is 4.88. The van der Waals surface area contributed by atoms with E-state index >= 15 is 0 Å². The first-order valence-corrected chi connectivity index (χ1v) is 10.4. The van der Waals surface area contributed by atoms with Crippen LogP contribution in [0.5, 0.6) is 0 Å². The lowest BCUT2D eigenvalue weighted by Gasteiger charge is -2.41. The number of hydrazone groups is 1. The van der Waals surface area contributed by atoms with Gasteiger partial charge in [-0.25, -0.2) is 10.2 Å². The number of amidine groups is 1. The minimum absolute atomic E-state index is 0.258. The average Bonchev–Trinajstić information content (AvgIpc) is 3.10. The molecule has 0 amide bonds. The van der Waals surface area contributed by atoms with Crippen LogP contribution in [0.2, 0.25) is 0 Å². The molecule has 2 aliphatic rings. The zero-order chi connectivity index (χ0) is 21.5. The van der Waals surface area contributed by atoms with Gasteiger partial charge in [-0.05, 0) is 54.6 Å². The molecule has 8 heteroatoms. The predicted molar refractivity (Wildman–Crippen MR) is 122 cm³/mol. The number of aromatic nitrogens is 1. The molecule has 1 aromatic heterocycles. The van der Waals surface area contributed by atoms with Crippen LogP contribution in [-0.2, 0) is 6.54 Å². The van der Waals surface area contributed by atoms with Crippen molar-refractivity contribution in [3.63, 3.8) is 0 Å². The Morgan fingerprint density at radius 1 is 1.10 bits per heavy atom. The molecule has 1 saturated heterocycles. The molecule has 1 fully saturated rings. The fourth-order valence-corrected chi connectivity index (χ4v) is 4.51. The summed E-state index contributed by atoms with van der Waals surface area (Å²) in [5, 5.41) is 8.78. The van der Waals surface area contributed by atoms with E-state index in [1.165, 1.54) is 17.8 Å². The molecule has 0 spiro atoms. The molecule has 3 heterocycles. The minimum Gasteiger partial charge on any atom is -0.371 e. The van der Waals surface area contributed by atoms with Crippen LogP contribution in [0, 0.1) is 11.7 Å². The van der Waals surface area contributed by atoms with E-state index in [0.29, 0.717) is 18.3 Å². The monoisotopic (exact) mass is 419 g/mol. The molecule has 0 aliphatic carbocycles. The van der Waals surface area contributed by atoms with Crippen LogP contribution in [-0.4, -0.2) is 37.1 Å². The first kappa shape index (κ1) is 19.6. The van der Waals surface area contributed by atoms with Gasteiger partial charge in [0.2, 0.25) is 0 Å². The molecule has 5 rings (SSSR count). The lowest BCUT2D eigenvalue weighted by Crippen LogP contribution is -2.50. The maximum Gasteiger partial charge on any atom is 0.190 e. The van der Waals surface area contributed by atoms with Gasteiger partial charge in [0.1, 0.15) is 5.82 Å². The van der Waals surface area contributed by atoms with E-state index in [4.69, 9.17) is 11.7 Å². The SMILES string of the molecule is CNCC1CN(c2ccc3c(c2)Cn2cc(-c4ccc(F)cc4)cc2/C(=N/N)N3N)C1. The zero-order valence-electron chi connectivity index (χ0n) is 17.4. The molecule has 0 atom stereocenters. The number of fused-ring (bicyclic) bond motifs is 2. The molecule has 7 nitrogen and oxygen atoms in total. The molecule has 160 valence electrons. The molecular formula is C23H26FN7. The van der Waals surface area contributed by atoms with Crippen molar-refractivity contribution < 1.29 is 4.39 Å². The summed E-state index contributed by atoms with van der Waals surface area (Å²) in [6.07, 6.45) is 2.04. The van der Waals surface area contributed by atoms with Crippen molar-refractivity contribution in [1.82, 2.24) is 9.88 Å². The highest BCUT2D eigenvalue weighted by Gasteiger charge is 2.29. The van der Waals surface area contributed by atoms with Crippen molar-refractivity contribution in [3.8, 4) is 11.1 Å². The lowest BCUT2D eigenvalue weighted by atomic mass is 9.98. The zero-order valence-corrected chi connectivity index (χ0v) is 17.4. The van der Waals surface area contributed by atoms with E-state index in [9.17, 15) is 4.39 Å². The minimum atomic E-state index is -0.258. The number of hydrogen-bond donors (Lipinski definition) is 3. The summed E-state index contributed by atoms with van der Waals surface area (Å²) in [7, 11) is 1.99. The average molecular weight is 420 g/mol. The summed E-state index contributed by atoms with van der Waals surface area (Å²) in [6.45, 7) is 3.77. The van der Waals surface area contributed by atoms with Gasteiger partial charge in [0, 0.05) is 49.5 Å². The van der Waals surface area contributed by atoms with Crippen molar-refractivity contribution in [1.29, 1.82) is 0 Å². The maximum absolute atomic E-state index is 13.3. The molecular weight excluding hydrogens is 393 g/mol. The van der Waals surface area contributed by atoms with E-state index in [-0.39, 0.29) is 5.82 Å². The highest BCUT2D eigenvalue weighted by atomic mass is 19.1. The molecule has 0 radical (unpaired) electrons. The number of hydrogen-bond acceptors (Lipinski definition) is 5. The second-order valence-corrected chi connectivity index (χ2v) is 8.21. The van der Waals surface area contributed by atoms with Crippen LogP contribution in [0.4, 0.5) is 15.8 Å². The first-order valence-electron chi connectivity index (χ1n) is 10.4. The van der Waals surface area contributed by atoms with Gasteiger partial charge in [-0.15, -0.1) is 0 Å². The highest BCUT2D eigenvalue weighted by Crippen LogP contribution is 2.34. The molecule has 2 aliphatic heterocycles. The molecule has 3 aromatic rings. The normalized spacial score (nSPS) is 17.3. The summed E-state index contributed by atoms with van der Waals surface area (Å²) in [5.74, 6) is 13.1. The topological polar surface area (TPSA) is 87.8 Å². The largest absolute Gasteiger partial charge is 0.371 e. The van der Waals surface area contributed by atoms with Gasteiger partial charge in [-0.1, -0.05) is 12.1 Å². The van der Waals surface area contributed by atoms with Gasteiger partial charge in [0.25, 0.3) is 0 Å². The third-order valence-electron chi connectivity index (χ3n) is 6.13. The van der Waals surface area contributed by atoms with Gasteiger partial charge >= 0.3 is 0 Å². The van der Waals surface area contributed by atoms with Crippen LogP contribution in [0.3, 0.4) is 0 Å². The van der Waals surface area contributed by atoms with Crippen LogP contribution in [0.1, 0.15) is 11.3 Å². The Bertz CT molecular complexity index is 1130. The van der Waals surface area contributed by atoms with Crippen LogP contribution < -0.4 is 26.9 Å². The van der Waals surface area contributed by atoms with E-state index < -0.39 is 0 Å². The number of nitrogens with one attached hydrogen (secondary N) is 1. The van der Waals surface area contributed by atoms with Crippen molar-refractivity contribution in [2.75, 3.05) is 36.6 Å². The molecule has 5 N–H and O–H groups in total.